The van der Waals surface area contributed by atoms with Crippen LogP contribution in [0.15, 0.2) is 12.2 Å². The van der Waals surface area contributed by atoms with Crippen molar-refractivity contribution in [1.29, 1.82) is 0 Å². The third kappa shape index (κ3) is 1.32. The maximum Gasteiger partial charge on any atom is -0.0107 e. The molecule has 0 amide bonds. The average molecular weight is 112 g/mol. The van der Waals surface area contributed by atoms with Crippen molar-refractivity contribution in [3.05, 3.63) is 17.4 Å². The van der Waals surface area contributed by atoms with E-state index < -0.39 is 0 Å². The summed E-state index contributed by atoms with van der Waals surface area (Å²) in [4.78, 5) is 0. The molecule has 0 atom stereocenters. The highest BCUT2D eigenvalue weighted by molar-refractivity contribution is 4.98. The van der Waals surface area contributed by atoms with Crippen molar-refractivity contribution < 1.29 is 0 Å². The first-order valence-corrected chi connectivity index (χ1v) is 2.88. The molecule has 2 heteroatoms. The van der Waals surface area contributed by atoms with Gasteiger partial charge in [-0.1, -0.05) is 12.2 Å². The summed E-state index contributed by atoms with van der Waals surface area (Å²) in [6.07, 6.45) is 1.78. The Hall–Kier alpha value is -0.340. The Morgan fingerprint density at radius 3 is 2.25 bits per heavy atom. The SMILES string of the molecule is C=C1CCN([O-])CC1. The second-order valence-electron chi connectivity index (χ2n) is 2.18. The van der Waals surface area contributed by atoms with E-state index >= 15 is 0 Å². The summed E-state index contributed by atoms with van der Waals surface area (Å²) in [5, 5.41) is 11.6. The average Bonchev–Trinajstić information content (AvgIpc) is 1.77. The number of hydrogen-bond donors (Lipinski definition) is 0. The maximum atomic E-state index is 10.5. The summed E-state index contributed by atoms with van der Waals surface area (Å²) in [6, 6.07) is 0. The van der Waals surface area contributed by atoms with Crippen LogP contribution in [0, 0.1) is 5.21 Å². The zero-order valence-electron chi connectivity index (χ0n) is 4.89. The van der Waals surface area contributed by atoms with E-state index in [9.17, 15) is 5.21 Å². The lowest BCUT2D eigenvalue weighted by Crippen LogP contribution is -2.24. The fraction of sp³-hybridized carbons (Fsp3) is 0.667. The standard InChI is InChI=1S/C6H10NO/c1-6-2-4-7(8)5-3-6/h1-5H2/q-1. The van der Waals surface area contributed by atoms with Crippen molar-refractivity contribution >= 4 is 0 Å². The van der Waals surface area contributed by atoms with Crippen LogP contribution in [-0.2, 0) is 0 Å². The van der Waals surface area contributed by atoms with Gasteiger partial charge in [-0.2, -0.15) is 0 Å². The molecule has 1 saturated heterocycles. The Morgan fingerprint density at radius 2 is 1.88 bits per heavy atom. The first kappa shape index (κ1) is 5.79. The molecule has 1 heterocycles. The Bertz CT molecular complexity index is 90.7. The molecule has 1 aliphatic heterocycles. The maximum absolute atomic E-state index is 10.5. The van der Waals surface area contributed by atoms with Crippen LogP contribution in [0.25, 0.3) is 0 Å². The van der Waals surface area contributed by atoms with Crippen LogP contribution in [0.3, 0.4) is 0 Å². The van der Waals surface area contributed by atoms with Gasteiger partial charge < -0.3 is 10.3 Å². The smallest absolute Gasteiger partial charge is 0.0107 e. The van der Waals surface area contributed by atoms with Gasteiger partial charge in [-0.15, -0.1) is 0 Å². The molecule has 0 aromatic rings. The number of hydroxylamine groups is 2. The second kappa shape index (κ2) is 2.29. The number of nitrogens with zero attached hydrogens (tertiary/aromatic N) is 1. The number of rotatable bonds is 0. The lowest BCUT2D eigenvalue weighted by atomic mass is 10.1. The molecule has 0 aliphatic carbocycles. The Balaban J connectivity index is 2.29. The molecular weight excluding hydrogens is 102 g/mol. The molecule has 1 fully saturated rings. The summed E-state index contributed by atoms with van der Waals surface area (Å²) < 4.78 is 0. The zero-order chi connectivity index (χ0) is 5.98. The third-order valence-corrected chi connectivity index (χ3v) is 1.43. The van der Waals surface area contributed by atoms with E-state index in [0.29, 0.717) is 13.1 Å². The molecule has 46 valence electrons. The minimum atomic E-state index is 0.652. The largest absolute Gasteiger partial charge is 0.785 e. The highest BCUT2D eigenvalue weighted by Crippen LogP contribution is 2.11. The van der Waals surface area contributed by atoms with Gasteiger partial charge in [0.15, 0.2) is 0 Å². The normalized spacial score (nSPS) is 23.9. The van der Waals surface area contributed by atoms with Crippen LogP contribution >= 0.6 is 0 Å². The molecule has 0 bridgehead atoms. The highest BCUT2D eigenvalue weighted by Gasteiger charge is 2.02. The molecule has 0 radical (unpaired) electrons. The Labute approximate surface area is 49.4 Å². The molecule has 0 aromatic heterocycles. The second-order valence-corrected chi connectivity index (χ2v) is 2.18. The number of hydrogen-bond acceptors (Lipinski definition) is 2. The van der Waals surface area contributed by atoms with Gasteiger partial charge in [0.1, 0.15) is 0 Å². The van der Waals surface area contributed by atoms with Crippen LogP contribution in [0.4, 0.5) is 0 Å². The van der Waals surface area contributed by atoms with Gasteiger partial charge in [0.25, 0.3) is 0 Å². The van der Waals surface area contributed by atoms with E-state index in [2.05, 4.69) is 6.58 Å². The van der Waals surface area contributed by atoms with E-state index in [-0.39, 0.29) is 0 Å². The minimum Gasteiger partial charge on any atom is -0.785 e. The molecule has 0 N–H and O–H groups in total. The lowest BCUT2D eigenvalue weighted by molar-refractivity contribution is 0.352. The first-order chi connectivity index (χ1) is 3.79. The fourth-order valence-electron chi connectivity index (χ4n) is 0.802. The summed E-state index contributed by atoms with van der Waals surface area (Å²) in [7, 11) is 0. The van der Waals surface area contributed by atoms with Gasteiger partial charge in [-0.3, -0.25) is 0 Å². The van der Waals surface area contributed by atoms with Crippen LogP contribution in [0.2, 0.25) is 0 Å². The van der Waals surface area contributed by atoms with Crippen LogP contribution in [0.5, 0.6) is 0 Å². The minimum absolute atomic E-state index is 0.652. The third-order valence-electron chi connectivity index (χ3n) is 1.43. The van der Waals surface area contributed by atoms with Crippen LogP contribution in [-0.4, -0.2) is 18.2 Å². The monoisotopic (exact) mass is 112 g/mol. The predicted molar refractivity (Wildman–Crippen MR) is 33.3 cm³/mol. The van der Waals surface area contributed by atoms with Crippen LogP contribution in [0.1, 0.15) is 12.8 Å². The van der Waals surface area contributed by atoms with Gasteiger partial charge >= 0.3 is 0 Å². The Kier molecular flexibility index (Phi) is 1.65. The van der Waals surface area contributed by atoms with Gasteiger partial charge in [-0.25, -0.2) is 0 Å². The molecule has 0 aromatic carbocycles. The molecular formula is C6H10NO-. The molecule has 0 spiro atoms. The van der Waals surface area contributed by atoms with Crippen molar-refractivity contribution in [3.63, 3.8) is 0 Å². The van der Waals surface area contributed by atoms with Gasteiger partial charge in [0.2, 0.25) is 0 Å². The number of piperidine rings is 1. The summed E-state index contributed by atoms with van der Waals surface area (Å²) in [5.74, 6) is 0. The van der Waals surface area contributed by atoms with Gasteiger partial charge in [0, 0.05) is 0 Å². The summed E-state index contributed by atoms with van der Waals surface area (Å²) in [5.41, 5.74) is 1.22. The fourth-order valence-corrected chi connectivity index (χ4v) is 0.802. The summed E-state index contributed by atoms with van der Waals surface area (Å²) >= 11 is 0. The summed E-state index contributed by atoms with van der Waals surface area (Å²) in [6.45, 7) is 5.09. The molecule has 1 aliphatic rings. The van der Waals surface area contributed by atoms with E-state index in [1.165, 1.54) is 5.57 Å². The molecule has 0 unspecified atom stereocenters. The van der Waals surface area contributed by atoms with Crippen molar-refractivity contribution in [2.24, 2.45) is 0 Å². The molecule has 8 heavy (non-hydrogen) atoms. The van der Waals surface area contributed by atoms with Crippen molar-refractivity contribution in [3.8, 4) is 0 Å². The highest BCUT2D eigenvalue weighted by atomic mass is 16.5. The van der Waals surface area contributed by atoms with Gasteiger partial charge in [0.05, 0.1) is 0 Å². The van der Waals surface area contributed by atoms with E-state index in [0.717, 1.165) is 17.9 Å². The van der Waals surface area contributed by atoms with Crippen molar-refractivity contribution in [2.75, 3.05) is 13.1 Å². The quantitative estimate of drug-likeness (QED) is 0.439. The van der Waals surface area contributed by atoms with E-state index in [1.807, 2.05) is 0 Å². The molecule has 2 nitrogen and oxygen atoms in total. The molecule has 0 saturated carbocycles. The topological polar surface area (TPSA) is 26.3 Å². The Morgan fingerprint density at radius 1 is 1.38 bits per heavy atom. The van der Waals surface area contributed by atoms with E-state index in [4.69, 9.17) is 0 Å². The van der Waals surface area contributed by atoms with Crippen LogP contribution < -0.4 is 0 Å². The van der Waals surface area contributed by atoms with Crippen molar-refractivity contribution in [1.82, 2.24) is 5.06 Å². The van der Waals surface area contributed by atoms with E-state index in [1.54, 1.807) is 0 Å². The zero-order valence-corrected chi connectivity index (χ0v) is 4.89. The lowest BCUT2D eigenvalue weighted by Gasteiger charge is -2.32. The molecule has 1 rings (SSSR count). The predicted octanol–water partition coefficient (Wildman–Crippen LogP) is 1.14. The first-order valence-electron chi connectivity index (χ1n) is 2.88. The van der Waals surface area contributed by atoms with Gasteiger partial charge in [-0.05, 0) is 25.9 Å². The van der Waals surface area contributed by atoms with Crippen molar-refractivity contribution in [2.45, 2.75) is 12.8 Å².